The van der Waals surface area contributed by atoms with E-state index in [-0.39, 0.29) is 17.3 Å². The molecule has 0 aliphatic carbocycles. The summed E-state index contributed by atoms with van der Waals surface area (Å²) in [7, 11) is 5.43. The minimum atomic E-state index is -0.496. The van der Waals surface area contributed by atoms with Crippen LogP contribution in [0.1, 0.15) is 0 Å². The monoisotopic (exact) mass is 240 g/mol. The summed E-state index contributed by atoms with van der Waals surface area (Å²) in [4.78, 5) is 20.1. The standard InChI is InChI=1S/C9H16N6O2/c1-10-8-7(15(16)17)9(13-6-12-8)11-4-5-14(2)3/h6H,4-5H2,1-3H3,(H2,10,11,12,13). The third kappa shape index (κ3) is 3.52. The summed E-state index contributed by atoms with van der Waals surface area (Å²) in [6, 6.07) is 0. The van der Waals surface area contributed by atoms with Gasteiger partial charge in [-0.15, -0.1) is 0 Å². The number of anilines is 2. The maximum atomic E-state index is 10.9. The van der Waals surface area contributed by atoms with Gasteiger partial charge in [0.2, 0.25) is 11.6 Å². The fraction of sp³-hybridized carbons (Fsp3) is 0.556. The molecule has 94 valence electrons. The van der Waals surface area contributed by atoms with E-state index in [0.717, 1.165) is 6.54 Å². The first-order valence-corrected chi connectivity index (χ1v) is 5.12. The van der Waals surface area contributed by atoms with Crippen LogP contribution in [0.5, 0.6) is 0 Å². The molecule has 0 amide bonds. The quantitative estimate of drug-likeness (QED) is 0.548. The number of hydrogen-bond donors (Lipinski definition) is 2. The molecule has 1 heterocycles. The number of likely N-dealkylation sites (N-methyl/N-ethyl adjacent to an activating group) is 1. The van der Waals surface area contributed by atoms with Crippen LogP contribution in [0.2, 0.25) is 0 Å². The number of hydrogen-bond acceptors (Lipinski definition) is 7. The van der Waals surface area contributed by atoms with Gasteiger partial charge in [0.05, 0.1) is 4.92 Å². The highest BCUT2D eigenvalue weighted by Crippen LogP contribution is 2.27. The highest BCUT2D eigenvalue weighted by atomic mass is 16.6. The van der Waals surface area contributed by atoms with Gasteiger partial charge < -0.3 is 15.5 Å². The third-order valence-electron chi connectivity index (χ3n) is 2.09. The first kappa shape index (κ1) is 13.1. The van der Waals surface area contributed by atoms with Crippen molar-refractivity contribution in [3.05, 3.63) is 16.4 Å². The molecule has 2 N–H and O–H groups in total. The van der Waals surface area contributed by atoms with Crippen LogP contribution in [-0.2, 0) is 0 Å². The number of rotatable bonds is 6. The topological polar surface area (TPSA) is 96.2 Å². The Morgan fingerprint density at radius 2 is 2.06 bits per heavy atom. The molecule has 0 atom stereocenters. The first-order chi connectivity index (χ1) is 8.06. The molecular weight excluding hydrogens is 224 g/mol. The third-order valence-corrected chi connectivity index (χ3v) is 2.09. The van der Waals surface area contributed by atoms with E-state index < -0.39 is 4.92 Å². The van der Waals surface area contributed by atoms with E-state index in [0.29, 0.717) is 6.54 Å². The van der Waals surface area contributed by atoms with Crippen molar-refractivity contribution in [1.82, 2.24) is 14.9 Å². The lowest BCUT2D eigenvalue weighted by Gasteiger charge is -2.11. The number of nitro groups is 1. The highest BCUT2D eigenvalue weighted by molar-refractivity contribution is 5.68. The van der Waals surface area contributed by atoms with Crippen molar-refractivity contribution in [2.75, 3.05) is 44.9 Å². The van der Waals surface area contributed by atoms with E-state index in [9.17, 15) is 10.1 Å². The largest absolute Gasteiger partial charge is 0.367 e. The molecule has 0 fully saturated rings. The molecular formula is C9H16N6O2. The van der Waals surface area contributed by atoms with Gasteiger partial charge in [0, 0.05) is 20.1 Å². The number of nitrogens with one attached hydrogen (secondary N) is 2. The molecule has 0 bridgehead atoms. The zero-order valence-corrected chi connectivity index (χ0v) is 10.1. The Morgan fingerprint density at radius 1 is 1.41 bits per heavy atom. The lowest BCUT2D eigenvalue weighted by molar-refractivity contribution is -0.383. The van der Waals surface area contributed by atoms with Crippen molar-refractivity contribution in [2.45, 2.75) is 0 Å². The molecule has 17 heavy (non-hydrogen) atoms. The Bertz CT molecular complexity index is 395. The van der Waals surface area contributed by atoms with Crippen molar-refractivity contribution in [3.63, 3.8) is 0 Å². The average molecular weight is 240 g/mol. The summed E-state index contributed by atoms with van der Waals surface area (Å²) in [5, 5.41) is 16.5. The summed E-state index contributed by atoms with van der Waals surface area (Å²) >= 11 is 0. The van der Waals surface area contributed by atoms with Crippen LogP contribution in [0.4, 0.5) is 17.3 Å². The molecule has 0 aliphatic heterocycles. The van der Waals surface area contributed by atoms with Crippen molar-refractivity contribution in [3.8, 4) is 0 Å². The SMILES string of the molecule is CNc1ncnc(NCCN(C)C)c1[N+](=O)[O-]. The minimum Gasteiger partial charge on any atom is -0.367 e. The summed E-state index contributed by atoms with van der Waals surface area (Å²) in [6.07, 6.45) is 1.29. The highest BCUT2D eigenvalue weighted by Gasteiger charge is 2.21. The normalized spacial score (nSPS) is 10.4. The smallest absolute Gasteiger partial charge is 0.353 e. The van der Waals surface area contributed by atoms with E-state index >= 15 is 0 Å². The van der Waals surface area contributed by atoms with Crippen LogP contribution in [0, 0.1) is 10.1 Å². The summed E-state index contributed by atoms with van der Waals surface area (Å²) < 4.78 is 0. The number of aromatic nitrogens is 2. The average Bonchev–Trinajstić information content (AvgIpc) is 2.27. The zero-order chi connectivity index (χ0) is 12.8. The van der Waals surface area contributed by atoms with Crippen LogP contribution in [-0.4, -0.2) is 54.0 Å². The second-order valence-corrected chi connectivity index (χ2v) is 3.66. The Labute approximate surface area is 99.2 Å². The molecule has 0 spiro atoms. The zero-order valence-electron chi connectivity index (χ0n) is 10.1. The fourth-order valence-corrected chi connectivity index (χ4v) is 1.26. The predicted molar refractivity (Wildman–Crippen MR) is 65.3 cm³/mol. The Morgan fingerprint density at radius 3 is 2.59 bits per heavy atom. The van der Waals surface area contributed by atoms with Gasteiger partial charge in [0.25, 0.3) is 0 Å². The molecule has 0 saturated carbocycles. The molecule has 8 heteroatoms. The van der Waals surface area contributed by atoms with E-state index in [2.05, 4.69) is 20.6 Å². The first-order valence-electron chi connectivity index (χ1n) is 5.12. The summed E-state index contributed by atoms with van der Waals surface area (Å²) in [5.41, 5.74) is -0.131. The second-order valence-electron chi connectivity index (χ2n) is 3.66. The molecule has 0 saturated heterocycles. The van der Waals surface area contributed by atoms with E-state index in [4.69, 9.17) is 0 Å². The van der Waals surface area contributed by atoms with Gasteiger partial charge in [-0.1, -0.05) is 0 Å². The van der Waals surface area contributed by atoms with Crippen LogP contribution >= 0.6 is 0 Å². The van der Waals surface area contributed by atoms with Crippen LogP contribution in [0.3, 0.4) is 0 Å². The van der Waals surface area contributed by atoms with E-state index in [1.54, 1.807) is 7.05 Å². The van der Waals surface area contributed by atoms with Gasteiger partial charge in [-0.25, -0.2) is 9.97 Å². The Hall–Kier alpha value is -1.96. The molecule has 8 nitrogen and oxygen atoms in total. The molecule has 1 rings (SSSR count). The van der Waals surface area contributed by atoms with Gasteiger partial charge in [0.1, 0.15) is 6.33 Å². The van der Waals surface area contributed by atoms with Crippen molar-refractivity contribution in [1.29, 1.82) is 0 Å². The number of nitrogens with zero attached hydrogens (tertiary/aromatic N) is 4. The molecule has 1 aromatic rings. The van der Waals surface area contributed by atoms with E-state index in [1.807, 2.05) is 19.0 Å². The maximum absolute atomic E-state index is 10.9. The molecule has 0 radical (unpaired) electrons. The van der Waals surface area contributed by atoms with Gasteiger partial charge in [-0.2, -0.15) is 0 Å². The van der Waals surface area contributed by atoms with Crippen molar-refractivity contribution in [2.24, 2.45) is 0 Å². The molecule has 0 aromatic carbocycles. The van der Waals surface area contributed by atoms with Crippen molar-refractivity contribution >= 4 is 17.3 Å². The Balaban J connectivity index is 2.87. The van der Waals surface area contributed by atoms with Crippen LogP contribution < -0.4 is 10.6 Å². The summed E-state index contributed by atoms with van der Waals surface area (Å²) in [6.45, 7) is 1.34. The molecule has 0 aliphatic rings. The van der Waals surface area contributed by atoms with Gasteiger partial charge in [-0.05, 0) is 14.1 Å². The predicted octanol–water partition coefficient (Wildman–Crippen LogP) is 0.400. The lowest BCUT2D eigenvalue weighted by Crippen LogP contribution is -2.21. The van der Waals surface area contributed by atoms with Gasteiger partial charge >= 0.3 is 5.69 Å². The maximum Gasteiger partial charge on any atom is 0.353 e. The molecule has 0 unspecified atom stereocenters. The van der Waals surface area contributed by atoms with E-state index in [1.165, 1.54) is 6.33 Å². The van der Waals surface area contributed by atoms with Gasteiger partial charge in [0.15, 0.2) is 0 Å². The van der Waals surface area contributed by atoms with Crippen LogP contribution in [0.25, 0.3) is 0 Å². The minimum absolute atomic E-state index is 0.131. The fourth-order valence-electron chi connectivity index (χ4n) is 1.26. The summed E-state index contributed by atoms with van der Waals surface area (Å²) in [5.74, 6) is 0.438. The van der Waals surface area contributed by atoms with Gasteiger partial charge in [-0.3, -0.25) is 10.1 Å². The second kappa shape index (κ2) is 5.94. The Kier molecular flexibility index (Phi) is 4.58. The van der Waals surface area contributed by atoms with Crippen molar-refractivity contribution < 1.29 is 4.92 Å². The lowest BCUT2D eigenvalue weighted by atomic mass is 10.4. The molecule has 1 aromatic heterocycles. The van der Waals surface area contributed by atoms with Crippen LogP contribution in [0.15, 0.2) is 6.33 Å².